The van der Waals surface area contributed by atoms with Crippen LogP contribution in [0.4, 0.5) is 24.4 Å². The van der Waals surface area contributed by atoms with Gasteiger partial charge >= 0.3 is 16.3 Å². The van der Waals surface area contributed by atoms with E-state index >= 15 is 4.39 Å². The molecule has 0 bridgehead atoms. The number of rotatable bonds is 7. The van der Waals surface area contributed by atoms with Gasteiger partial charge in [0.15, 0.2) is 0 Å². The highest BCUT2D eigenvalue weighted by atomic mass is 32.3. The van der Waals surface area contributed by atoms with Crippen LogP contribution in [0.15, 0.2) is 35.2 Å². The lowest BCUT2D eigenvalue weighted by molar-refractivity contribution is -0.128. The van der Waals surface area contributed by atoms with Crippen LogP contribution in [0, 0.1) is 5.82 Å². The Morgan fingerprint density at radius 2 is 1.95 bits per heavy atom. The summed E-state index contributed by atoms with van der Waals surface area (Å²) in [5.74, 6) is -0.906. The molecule has 41 heavy (non-hydrogen) atoms. The quantitative estimate of drug-likeness (QED) is 0.447. The predicted octanol–water partition coefficient (Wildman–Crippen LogP) is 4.96. The molecule has 1 fully saturated rings. The summed E-state index contributed by atoms with van der Waals surface area (Å²) in [5, 5.41) is 2.87. The number of halogens is 2. The number of benzene rings is 2. The van der Waals surface area contributed by atoms with Gasteiger partial charge in [-0.3, -0.25) is 14.6 Å². The molecule has 0 aromatic heterocycles. The van der Waals surface area contributed by atoms with Gasteiger partial charge < -0.3 is 19.5 Å². The van der Waals surface area contributed by atoms with Crippen LogP contribution >= 0.6 is 0 Å². The summed E-state index contributed by atoms with van der Waals surface area (Å²) in [6.07, 6.45) is 0.197. The van der Waals surface area contributed by atoms with Crippen LogP contribution in [-0.4, -0.2) is 63.8 Å². The number of likely N-dealkylation sites (tertiary alicyclic amines) is 1. The summed E-state index contributed by atoms with van der Waals surface area (Å²) in [5.41, 5.74) is -1.12. The van der Waals surface area contributed by atoms with Crippen LogP contribution in [0.25, 0.3) is 0 Å². The topological polar surface area (TPSA) is 114 Å². The lowest BCUT2D eigenvalue weighted by Crippen LogP contribution is -2.54. The van der Waals surface area contributed by atoms with Crippen LogP contribution in [-0.2, 0) is 25.3 Å². The van der Waals surface area contributed by atoms with Crippen molar-refractivity contribution in [3.8, 4) is 11.5 Å². The largest absolute Gasteiger partial charge is 0.495 e. The molecule has 4 rings (SSSR count). The summed E-state index contributed by atoms with van der Waals surface area (Å²) in [7, 11) is -3.76. The number of fused-ring (bicyclic) bond motifs is 1. The maximum Gasteiger partial charge on any atom is 0.414 e. The predicted molar refractivity (Wildman–Crippen MR) is 148 cm³/mol. The number of carbonyl (C=O) groups excluding carboxylic acids is 2. The second-order valence-electron chi connectivity index (χ2n) is 11.2. The van der Waals surface area contributed by atoms with Gasteiger partial charge in [-0.05, 0) is 78.3 Å². The SMILES string of the molecule is CCN(C(=O)OC(C)(C)C)c1cc(F)cc2c1NC(=O)C2(C)N1CCC[C@@H](Oc2ccc(S(=O)(=O)F)c(OC)c2)C1. The first kappa shape index (κ1) is 30.5. The Labute approximate surface area is 238 Å². The molecule has 2 aliphatic heterocycles. The van der Waals surface area contributed by atoms with E-state index in [2.05, 4.69) is 5.32 Å². The standard InChI is InChI=1S/C28H35F2N3O7S/c1-7-33(26(35)40-27(2,3)4)21-14-17(29)13-20-24(21)31-25(34)28(20,5)32-12-8-9-19(16-32)39-18-10-11-23(41(30,36)37)22(15-18)38-6/h10-11,13-15,19H,7-9,12,16H2,1-6H3,(H,31,34)/t19-,28?/m1/s1. The Morgan fingerprint density at radius 1 is 1.24 bits per heavy atom. The molecule has 1 unspecified atom stereocenters. The van der Waals surface area contributed by atoms with E-state index < -0.39 is 44.3 Å². The number of methoxy groups -OCH3 is 1. The molecule has 0 spiro atoms. The third-order valence-corrected chi connectivity index (χ3v) is 8.08. The minimum absolute atomic E-state index is 0.184. The first-order chi connectivity index (χ1) is 19.1. The van der Waals surface area contributed by atoms with Gasteiger partial charge in [0.05, 0.1) is 18.5 Å². The van der Waals surface area contributed by atoms with Gasteiger partial charge in [0, 0.05) is 24.7 Å². The zero-order valence-electron chi connectivity index (χ0n) is 23.9. The van der Waals surface area contributed by atoms with Gasteiger partial charge in [-0.1, -0.05) is 0 Å². The summed E-state index contributed by atoms with van der Waals surface area (Å²) in [6, 6.07) is 6.20. The third kappa shape index (κ3) is 6.10. The van der Waals surface area contributed by atoms with Crippen molar-refractivity contribution in [2.75, 3.05) is 37.0 Å². The Morgan fingerprint density at radius 3 is 2.56 bits per heavy atom. The van der Waals surface area contributed by atoms with Crippen molar-refractivity contribution >= 4 is 33.6 Å². The van der Waals surface area contributed by atoms with Crippen molar-refractivity contribution in [3.63, 3.8) is 0 Å². The summed E-state index contributed by atoms with van der Waals surface area (Å²) in [6.45, 7) is 9.61. The highest BCUT2D eigenvalue weighted by molar-refractivity contribution is 7.86. The van der Waals surface area contributed by atoms with Crippen LogP contribution in [0.3, 0.4) is 0 Å². The van der Waals surface area contributed by atoms with Gasteiger partial charge in [-0.25, -0.2) is 9.18 Å². The first-order valence-corrected chi connectivity index (χ1v) is 14.7. The van der Waals surface area contributed by atoms with Crippen molar-refractivity contribution in [1.82, 2.24) is 4.90 Å². The molecule has 1 N–H and O–H groups in total. The molecule has 0 saturated carbocycles. The molecule has 0 aliphatic carbocycles. The fraction of sp³-hybridized carbons (Fsp3) is 0.500. The van der Waals surface area contributed by atoms with E-state index in [4.69, 9.17) is 14.2 Å². The number of anilines is 2. The Bertz CT molecular complexity index is 1460. The average molecular weight is 596 g/mol. The van der Waals surface area contributed by atoms with Crippen LogP contribution in [0.2, 0.25) is 0 Å². The number of amides is 2. The van der Waals surface area contributed by atoms with Crippen molar-refractivity contribution in [2.24, 2.45) is 0 Å². The second-order valence-corrected chi connectivity index (χ2v) is 12.5. The van der Waals surface area contributed by atoms with Crippen molar-refractivity contribution in [1.29, 1.82) is 0 Å². The van der Waals surface area contributed by atoms with Gasteiger partial charge in [-0.15, -0.1) is 3.89 Å². The number of piperidine rings is 1. The molecule has 2 atom stereocenters. The number of nitrogens with one attached hydrogen (secondary N) is 1. The minimum Gasteiger partial charge on any atom is -0.495 e. The molecule has 2 aliphatic rings. The van der Waals surface area contributed by atoms with Crippen molar-refractivity contribution < 1.29 is 40.5 Å². The zero-order valence-corrected chi connectivity index (χ0v) is 24.7. The molecular weight excluding hydrogens is 560 g/mol. The highest BCUT2D eigenvalue weighted by Crippen LogP contribution is 2.47. The number of hydrogen-bond donors (Lipinski definition) is 1. The minimum atomic E-state index is -4.98. The summed E-state index contributed by atoms with van der Waals surface area (Å²) >= 11 is 0. The third-order valence-electron chi connectivity index (χ3n) is 7.22. The van der Waals surface area contributed by atoms with Crippen molar-refractivity contribution in [3.05, 3.63) is 41.7 Å². The Kier molecular flexibility index (Phi) is 8.25. The molecular formula is C28H35F2N3O7S. The highest BCUT2D eigenvalue weighted by Gasteiger charge is 2.50. The van der Waals surface area contributed by atoms with Gasteiger partial charge in [0.2, 0.25) is 5.91 Å². The van der Waals surface area contributed by atoms with Gasteiger partial charge in [-0.2, -0.15) is 8.42 Å². The van der Waals surface area contributed by atoms with E-state index in [1.54, 1.807) is 34.6 Å². The van der Waals surface area contributed by atoms with Crippen LogP contribution in [0.1, 0.15) is 53.0 Å². The number of nitrogens with zero attached hydrogens (tertiary/aromatic N) is 2. The van der Waals surface area contributed by atoms with E-state index in [-0.39, 0.29) is 36.2 Å². The van der Waals surface area contributed by atoms with E-state index in [0.717, 1.165) is 6.07 Å². The molecule has 13 heteroatoms. The first-order valence-electron chi connectivity index (χ1n) is 13.3. The van der Waals surface area contributed by atoms with Gasteiger partial charge in [0.1, 0.15) is 39.5 Å². The molecule has 0 radical (unpaired) electrons. The fourth-order valence-corrected chi connectivity index (χ4v) is 5.88. The Hall–Kier alpha value is -3.45. The normalized spacial score (nSPS) is 21.2. The van der Waals surface area contributed by atoms with Crippen LogP contribution in [0.5, 0.6) is 11.5 Å². The van der Waals surface area contributed by atoms with Gasteiger partial charge in [0.25, 0.3) is 0 Å². The van der Waals surface area contributed by atoms with Crippen LogP contribution < -0.4 is 19.7 Å². The lowest BCUT2D eigenvalue weighted by Gasteiger charge is -2.42. The molecule has 2 amide bonds. The molecule has 10 nitrogen and oxygen atoms in total. The van der Waals surface area contributed by atoms with E-state index in [1.165, 1.54) is 36.3 Å². The molecule has 2 heterocycles. The number of hydrogen-bond acceptors (Lipinski definition) is 8. The summed E-state index contributed by atoms with van der Waals surface area (Å²) in [4.78, 5) is 29.1. The van der Waals surface area contributed by atoms with E-state index in [1.807, 2.05) is 4.90 Å². The average Bonchev–Trinajstić information content (AvgIpc) is 3.13. The Balaban J connectivity index is 1.63. The summed E-state index contributed by atoms with van der Waals surface area (Å²) < 4.78 is 68.1. The molecule has 1 saturated heterocycles. The smallest absolute Gasteiger partial charge is 0.414 e. The second kappa shape index (κ2) is 11.1. The zero-order chi connectivity index (χ0) is 30.3. The monoisotopic (exact) mass is 595 g/mol. The molecule has 224 valence electrons. The molecule has 2 aromatic rings. The maximum atomic E-state index is 15.1. The van der Waals surface area contributed by atoms with Crippen molar-refractivity contribution in [2.45, 2.75) is 69.6 Å². The van der Waals surface area contributed by atoms with E-state index in [0.29, 0.717) is 30.6 Å². The van der Waals surface area contributed by atoms with E-state index in [9.17, 15) is 21.9 Å². The maximum absolute atomic E-state index is 15.1. The lowest BCUT2D eigenvalue weighted by atomic mass is 9.88. The molecule has 2 aromatic carbocycles. The fourth-order valence-electron chi connectivity index (χ4n) is 5.26. The number of carbonyl (C=O) groups is 2. The number of ether oxygens (including phenoxy) is 3.